The Labute approximate surface area is 108 Å². The van der Waals surface area contributed by atoms with Crippen LogP contribution in [0, 0.1) is 0 Å². The molecule has 3 nitrogen and oxygen atoms in total. The second-order valence-electron chi connectivity index (χ2n) is 5.30. The van der Waals surface area contributed by atoms with Gasteiger partial charge >= 0.3 is 0 Å². The van der Waals surface area contributed by atoms with Crippen LogP contribution in [0.2, 0.25) is 0 Å². The molecule has 1 aromatic heterocycles. The van der Waals surface area contributed by atoms with E-state index in [1.165, 1.54) is 3.97 Å². The van der Waals surface area contributed by atoms with Crippen LogP contribution in [0.4, 0.5) is 0 Å². The van der Waals surface area contributed by atoms with Crippen LogP contribution >= 0.6 is 0 Å². The van der Waals surface area contributed by atoms with Crippen LogP contribution in [-0.4, -0.2) is 12.4 Å². The summed E-state index contributed by atoms with van der Waals surface area (Å²) in [6.07, 6.45) is 3.28. The highest BCUT2D eigenvalue weighted by molar-refractivity contribution is 7.90. The van der Waals surface area contributed by atoms with Crippen molar-refractivity contribution in [2.75, 3.05) is 0 Å². The van der Waals surface area contributed by atoms with Gasteiger partial charge in [0.1, 0.15) is 0 Å². The average Bonchev–Trinajstić information content (AvgIpc) is 2.79. The first-order valence-electron chi connectivity index (χ1n) is 5.81. The fourth-order valence-electron chi connectivity index (χ4n) is 1.68. The van der Waals surface area contributed by atoms with E-state index < -0.39 is 10.0 Å². The molecule has 0 saturated carbocycles. The van der Waals surface area contributed by atoms with Gasteiger partial charge in [0.2, 0.25) is 0 Å². The summed E-state index contributed by atoms with van der Waals surface area (Å²) in [7, 11) is -3.46. The zero-order valence-electron chi connectivity index (χ0n) is 10.8. The van der Waals surface area contributed by atoms with Crippen molar-refractivity contribution in [3.05, 3.63) is 54.4 Å². The Balaban J connectivity index is 2.47. The third-order valence-corrected chi connectivity index (χ3v) is 4.50. The van der Waals surface area contributed by atoms with E-state index >= 15 is 0 Å². The summed E-state index contributed by atoms with van der Waals surface area (Å²) in [5.41, 5.74) is 0.944. The van der Waals surface area contributed by atoms with Crippen molar-refractivity contribution < 1.29 is 8.42 Å². The van der Waals surface area contributed by atoms with Gasteiger partial charge in [0.15, 0.2) is 0 Å². The van der Waals surface area contributed by atoms with Gasteiger partial charge in [-0.15, -0.1) is 0 Å². The van der Waals surface area contributed by atoms with Crippen molar-refractivity contribution in [2.45, 2.75) is 31.1 Å². The highest BCUT2D eigenvalue weighted by Gasteiger charge is 2.20. The monoisotopic (exact) mass is 263 g/mol. The van der Waals surface area contributed by atoms with Crippen LogP contribution in [0.15, 0.2) is 53.7 Å². The summed E-state index contributed by atoms with van der Waals surface area (Å²) < 4.78 is 26.0. The Morgan fingerprint density at radius 2 is 1.61 bits per heavy atom. The first-order valence-corrected chi connectivity index (χ1v) is 7.25. The maximum Gasteiger partial charge on any atom is 0.267 e. The van der Waals surface area contributed by atoms with E-state index in [2.05, 4.69) is 20.8 Å². The average molecular weight is 263 g/mol. The van der Waals surface area contributed by atoms with Gasteiger partial charge in [-0.05, 0) is 29.2 Å². The van der Waals surface area contributed by atoms with Crippen LogP contribution in [0.25, 0.3) is 0 Å². The molecule has 18 heavy (non-hydrogen) atoms. The number of rotatable bonds is 2. The number of hydrogen-bond donors (Lipinski definition) is 0. The van der Waals surface area contributed by atoms with Gasteiger partial charge in [-0.2, -0.15) is 0 Å². The standard InChI is InChI=1S/C14H17NO2S/c1-14(2,3)12-9-10-15(11-12)18(16,17)13-7-5-4-6-8-13/h4-11H,1-3H3. The van der Waals surface area contributed by atoms with E-state index in [-0.39, 0.29) is 5.41 Å². The van der Waals surface area contributed by atoms with Gasteiger partial charge in [0, 0.05) is 12.4 Å². The van der Waals surface area contributed by atoms with Gasteiger partial charge in [-0.25, -0.2) is 12.4 Å². The van der Waals surface area contributed by atoms with E-state index in [1.807, 2.05) is 6.07 Å². The normalized spacial score (nSPS) is 12.6. The van der Waals surface area contributed by atoms with Gasteiger partial charge in [-0.3, -0.25) is 0 Å². The fraction of sp³-hybridized carbons (Fsp3) is 0.286. The van der Waals surface area contributed by atoms with Crippen LogP contribution in [0.1, 0.15) is 26.3 Å². The van der Waals surface area contributed by atoms with Crippen molar-refractivity contribution >= 4 is 10.0 Å². The van der Waals surface area contributed by atoms with E-state index in [1.54, 1.807) is 42.7 Å². The fourth-order valence-corrected chi connectivity index (χ4v) is 2.90. The molecule has 4 heteroatoms. The molecule has 0 radical (unpaired) electrons. The molecule has 2 aromatic rings. The van der Waals surface area contributed by atoms with Gasteiger partial charge in [-0.1, -0.05) is 39.0 Å². The molecule has 0 unspecified atom stereocenters. The Kier molecular flexibility index (Phi) is 3.07. The summed E-state index contributed by atoms with van der Waals surface area (Å²) >= 11 is 0. The van der Waals surface area contributed by atoms with Gasteiger partial charge in [0.25, 0.3) is 10.0 Å². The molecule has 0 aliphatic carbocycles. The predicted octanol–water partition coefficient (Wildman–Crippen LogP) is 3.02. The summed E-state index contributed by atoms with van der Waals surface area (Å²) in [6, 6.07) is 10.3. The molecule has 0 aliphatic rings. The Morgan fingerprint density at radius 3 is 2.11 bits per heavy atom. The second kappa shape index (κ2) is 4.28. The maximum atomic E-state index is 12.3. The highest BCUT2D eigenvalue weighted by Crippen LogP contribution is 2.24. The van der Waals surface area contributed by atoms with Crippen molar-refractivity contribution in [3.63, 3.8) is 0 Å². The molecule has 0 aliphatic heterocycles. The lowest BCUT2D eigenvalue weighted by atomic mass is 9.89. The molecule has 0 fully saturated rings. The third-order valence-electron chi connectivity index (χ3n) is 2.85. The Bertz CT molecular complexity index is 634. The van der Waals surface area contributed by atoms with Gasteiger partial charge in [0.05, 0.1) is 4.90 Å². The lowest BCUT2D eigenvalue weighted by molar-refractivity contribution is 0.582. The molecule has 96 valence electrons. The molecule has 0 saturated heterocycles. The molecule has 1 aromatic carbocycles. The van der Waals surface area contributed by atoms with E-state index in [0.29, 0.717) is 4.90 Å². The van der Waals surface area contributed by atoms with E-state index in [4.69, 9.17) is 0 Å². The quantitative estimate of drug-likeness (QED) is 0.835. The van der Waals surface area contributed by atoms with Crippen LogP contribution in [0.5, 0.6) is 0 Å². The lowest BCUT2D eigenvalue weighted by Gasteiger charge is -2.16. The summed E-state index contributed by atoms with van der Waals surface area (Å²) in [5.74, 6) is 0. The van der Waals surface area contributed by atoms with Crippen molar-refractivity contribution in [1.82, 2.24) is 3.97 Å². The number of hydrogen-bond acceptors (Lipinski definition) is 2. The molecular weight excluding hydrogens is 246 g/mol. The largest absolute Gasteiger partial charge is 0.267 e. The van der Waals surface area contributed by atoms with Crippen LogP contribution in [0.3, 0.4) is 0 Å². The Morgan fingerprint density at radius 1 is 1.00 bits per heavy atom. The molecule has 1 heterocycles. The summed E-state index contributed by atoms with van der Waals surface area (Å²) in [5, 5.41) is 0. The second-order valence-corrected chi connectivity index (χ2v) is 7.14. The van der Waals surface area contributed by atoms with Crippen molar-refractivity contribution in [3.8, 4) is 0 Å². The summed E-state index contributed by atoms with van der Waals surface area (Å²) in [6.45, 7) is 6.17. The molecule has 0 spiro atoms. The van der Waals surface area contributed by atoms with Gasteiger partial charge < -0.3 is 0 Å². The molecular formula is C14H17NO2S. The highest BCUT2D eigenvalue weighted by atomic mass is 32.2. The molecule has 0 atom stereocenters. The maximum absolute atomic E-state index is 12.3. The van der Waals surface area contributed by atoms with Crippen molar-refractivity contribution in [2.24, 2.45) is 0 Å². The predicted molar refractivity (Wildman–Crippen MR) is 72.2 cm³/mol. The molecule has 0 amide bonds. The van der Waals surface area contributed by atoms with Crippen LogP contribution in [-0.2, 0) is 15.4 Å². The topological polar surface area (TPSA) is 39.1 Å². The minimum absolute atomic E-state index is 0.0581. The minimum Gasteiger partial charge on any atom is -0.249 e. The third kappa shape index (κ3) is 2.34. The number of benzene rings is 1. The lowest BCUT2D eigenvalue weighted by Crippen LogP contribution is -2.13. The molecule has 0 N–H and O–H groups in total. The minimum atomic E-state index is -3.46. The zero-order valence-corrected chi connectivity index (χ0v) is 11.6. The molecule has 0 bridgehead atoms. The summed E-state index contributed by atoms with van der Waals surface area (Å²) in [4.78, 5) is 0.307. The van der Waals surface area contributed by atoms with E-state index in [0.717, 1.165) is 5.56 Å². The smallest absolute Gasteiger partial charge is 0.249 e. The van der Waals surface area contributed by atoms with Crippen LogP contribution < -0.4 is 0 Å². The molecule has 2 rings (SSSR count). The zero-order chi connectivity index (χ0) is 13.4. The van der Waals surface area contributed by atoms with E-state index in [9.17, 15) is 8.42 Å². The number of nitrogens with zero attached hydrogens (tertiary/aromatic N) is 1. The first kappa shape index (κ1) is 12.9. The number of aromatic nitrogens is 1. The SMILES string of the molecule is CC(C)(C)c1ccn(S(=O)(=O)c2ccccc2)c1. The Hall–Kier alpha value is -1.55. The van der Waals surface area contributed by atoms with Crippen molar-refractivity contribution in [1.29, 1.82) is 0 Å². The first-order chi connectivity index (χ1) is 8.32.